The van der Waals surface area contributed by atoms with Gasteiger partial charge in [0.2, 0.25) is 5.75 Å². The standard InChI is InChI=1S/C16H24O5/c1-10(2)7-11(3)21-16(17)12-8-13(18-4)15(20-6)14(9-12)19-5/h8-11H,7H2,1-6H3. The highest BCUT2D eigenvalue weighted by Crippen LogP contribution is 2.38. The molecule has 1 unspecified atom stereocenters. The summed E-state index contributed by atoms with van der Waals surface area (Å²) in [5.41, 5.74) is 0.375. The highest BCUT2D eigenvalue weighted by atomic mass is 16.5. The van der Waals surface area contributed by atoms with Crippen LogP contribution >= 0.6 is 0 Å². The van der Waals surface area contributed by atoms with E-state index in [1.807, 2.05) is 6.92 Å². The molecule has 0 amide bonds. The summed E-state index contributed by atoms with van der Waals surface area (Å²) in [7, 11) is 4.53. The first-order valence-corrected chi connectivity index (χ1v) is 6.93. The third-order valence-corrected chi connectivity index (χ3v) is 3.01. The molecule has 5 nitrogen and oxygen atoms in total. The van der Waals surface area contributed by atoms with Crippen molar-refractivity contribution in [3.05, 3.63) is 17.7 Å². The molecule has 0 aliphatic heterocycles. The maximum atomic E-state index is 12.2. The van der Waals surface area contributed by atoms with Crippen molar-refractivity contribution in [1.82, 2.24) is 0 Å². The normalized spacial score (nSPS) is 12.0. The van der Waals surface area contributed by atoms with Gasteiger partial charge in [-0.3, -0.25) is 0 Å². The summed E-state index contributed by atoms with van der Waals surface area (Å²) in [5.74, 6) is 1.38. The fourth-order valence-electron chi connectivity index (χ4n) is 2.16. The molecule has 1 rings (SSSR count). The summed E-state index contributed by atoms with van der Waals surface area (Å²) in [5, 5.41) is 0. The largest absolute Gasteiger partial charge is 0.493 e. The fraction of sp³-hybridized carbons (Fsp3) is 0.562. The molecule has 0 aromatic heterocycles. The van der Waals surface area contributed by atoms with Gasteiger partial charge in [-0.2, -0.15) is 0 Å². The Morgan fingerprint density at radius 3 is 1.90 bits per heavy atom. The van der Waals surface area contributed by atoms with Crippen molar-refractivity contribution in [3.8, 4) is 17.2 Å². The summed E-state index contributed by atoms with van der Waals surface area (Å²) in [6.45, 7) is 6.06. The Kier molecular flexibility index (Phi) is 6.34. The molecular formula is C16H24O5. The molecule has 0 radical (unpaired) electrons. The molecule has 0 spiro atoms. The molecule has 0 saturated carbocycles. The number of ether oxygens (including phenoxy) is 4. The molecule has 0 N–H and O–H groups in total. The van der Waals surface area contributed by atoms with Gasteiger partial charge in [0, 0.05) is 0 Å². The summed E-state index contributed by atoms with van der Waals surface area (Å²) in [4.78, 5) is 12.2. The van der Waals surface area contributed by atoms with Gasteiger partial charge in [-0.05, 0) is 31.4 Å². The zero-order valence-electron chi connectivity index (χ0n) is 13.6. The van der Waals surface area contributed by atoms with Gasteiger partial charge in [-0.25, -0.2) is 4.79 Å². The van der Waals surface area contributed by atoms with Crippen LogP contribution in [0.3, 0.4) is 0 Å². The number of benzene rings is 1. The third kappa shape index (κ3) is 4.55. The predicted octanol–water partition coefficient (Wildman–Crippen LogP) is 3.30. The molecule has 1 aromatic rings. The maximum absolute atomic E-state index is 12.2. The SMILES string of the molecule is COc1cc(C(=O)OC(C)CC(C)C)cc(OC)c1OC. The summed E-state index contributed by atoms with van der Waals surface area (Å²) in [6, 6.07) is 3.18. The summed E-state index contributed by atoms with van der Waals surface area (Å²) in [6.07, 6.45) is 0.674. The van der Waals surface area contributed by atoms with Crippen LogP contribution < -0.4 is 14.2 Å². The minimum Gasteiger partial charge on any atom is -0.493 e. The first kappa shape index (κ1) is 17.1. The highest BCUT2D eigenvalue weighted by Gasteiger charge is 2.19. The molecular weight excluding hydrogens is 272 g/mol. The molecule has 1 aromatic carbocycles. The van der Waals surface area contributed by atoms with Crippen molar-refractivity contribution in [3.63, 3.8) is 0 Å². The Hall–Kier alpha value is -1.91. The number of carbonyl (C=O) groups is 1. The lowest BCUT2D eigenvalue weighted by Crippen LogP contribution is -2.17. The predicted molar refractivity (Wildman–Crippen MR) is 80.4 cm³/mol. The van der Waals surface area contributed by atoms with Gasteiger partial charge in [-0.1, -0.05) is 13.8 Å². The lowest BCUT2D eigenvalue weighted by molar-refractivity contribution is 0.0299. The van der Waals surface area contributed by atoms with Crippen molar-refractivity contribution in [2.75, 3.05) is 21.3 Å². The highest BCUT2D eigenvalue weighted by molar-refractivity contribution is 5.91. The van der Waals surface area contributed by atoms with Crippen molar-refractivity contribution in [1.29, 1.82) is 0 Å². The Morgan fingerprint density at radius 1 is 1.00 bits per heavy atom. The second kappa shape index (κ2) is 7.76. The molecule has 0 saturated heterocycles. The van der Waals surface area contributed by atoms with Gasteiger partial charge >= 0.3 is 5.97 Å². The van der Waals surface area contributed by atoms with Gasteiger partial charge in [0.1, 0.15) is 0 Å². The number of carbonyl (C=O) groups excluding carboxylic acids is 1. The van der Waals surface area contributed by atoms with Crippen molar-refractivity contribution < 1.29 is 23.7 Å². The van der Waals surface area contributed by atoms with Crippen LogP contribution in [0.25, 0.3) is 0 Å². The minimum atomic E-state index is -0.401. The first-order valence-electron chi connectivity index (χ1n) is 6.93. The van der Waals surface area contributed by atoms with E-state index in [1.165, 1.54) is 21.3 Å². The zero-order chi connectivity index (χ0) is 16.0. The molecule has 0 aliphatic carbocycles. The Morgan fingerprint density at radius 2 is 1.52 bits per heavy atom. The van der Waals surface area contributed by atoms with Gasteiger partial charge in [-0.15, -0.1) is 0 Å². The minimum absolute atomic E-state index is 0.142. The number of esters is 1. The van der Waals surface area contributed by atoms with Crippen LogP contribution in [-0.2, 0) is 4.74 Å². The summed E-state index contributed by atoms with van der Waals surface area (Å²) >= 11 is 0. The van der Waals surface area contributed by atoms with Crippen molar-refractivity contribution in [2.24, 2.45) is 5.92 Å². The van der Waals surface area contributed by atoms with Crippen LogP contribution in [0.4, 0.5) is 0 Å². The third-order valence-electron chi connectivity index (χ3n) is 3.01. The molecule has 118 valence electrons. The average Bonchev–Trinajstić information content (AvgIpc) is 2.44. The number of rotatable bonds is 7. The summed E-state index contributed by atoms with van der Waals surface area (Å²) < 4.78 is 21.1. The van der Waals surface area contributed by atoms with E-state index in [0.29, 0.717) is 28.7 Å². The smallest absolute Gasteiger partial charge is 0.338 e. The van der Waals surface area contributed by atoms with E-state index in [2.05, 4.69) is 13.8 Å². The molecule has 0 fully saturated rings. The number of methoxy groups -OCH3 is 3. The van der Waals surface area contributed by atoms with E-state index in [9.17, 15) is 4.79 Å². The zero-order valence-corrected chi connectivity index (χ0v) is 13.6. The second-order valence-electron chi connectivity index (χ2n) is 5.26. The number of hydrogen-bond donors (Lipinski definition) is 0. The van der Waals surface area contributed by atoms with Gasteiger partial charge in [0.15, 0.2) is 11.5 Å². The monoisotopic (exact) mass is 296 g/mol. The quantitative estimate of drug-likeness (QED) is 0.723. The van der Waals surface area contributed by atoms with E-state index < -0.39 is 5.97 Å². The van der Waals surface area contributed by atoms with Crippen molar-refractivity contribution >= 4 is 5.97 Å². The molecule has 5 heteroatoms. The fourth-order valence-corrected chi connectivity index (χ4v) is 2.16. The Balaban J connectivity index is 2.99. The molecule has 21 heavy (non-hydrogen) atoms. The van der Waals surface area contributed by atoms with E-state index in [0.717, 1.165) is 6.42 Å². The molecule has 1 atom stereocenters. The Bertz CT molecular complexity index is 457. The van der Waals surface area contributed by atoms with E-state index in [4.69, 9.17) is 18.9 Å². The molecule has 0 bridgehead atoms. The van der Waals surface area contributed by atoms with E-state index in [1.54, 1.807) is 12.1 Å². The van der Waals surface area contributed by atoms with Crippen LogP contribution in [0.2, 0.25) is 0 Å². The average molecular weight is 296 g/mol. The van der Waals surface area contributed by atoms with Crippen LogP contribution in [0, 0.1) is 5.92 Å². The van der Waals surface area contributed by atoms with Crippen molar-refractivity contribution in [2.45, 2.75) is 33.3 Å². The van der Waals surface area contributed by atoms with Gasteiger partial charge in [0.25, 0.3) is 0 Å². The molecule has 0 heterocycles. The Labute approximate surface area is 126 Å². The maximum Gasteiger partial charge on any atom is 0.338 e. The van der Waals surface area contributed by atoms with Gasteiger partial charge < -0.3 is 18.9 Å². The number of hydrogen-bond acceptors (Lipinski definition) is 5. The van der Waals surface area contributed by atoms with E-state index >= 15 is 0 Å². The van der Waals surface area contributed by atoms with Gasteiger partial charge in [0.05, 0.1) is 33.0 Å². The lowest BCUT2D eigenvalue weighted by atomic mass is 10.1. The first-order chi connectivity index (χ1) is 9.92. The second-order valence-corrected chi connectivity index (χ2v) is 5.26. The van der Waals surface area contributed by atoms with Crippen LogP contribution in [0.15, 0.2) is 12.1 Å². The molecule has 0 aliphatic rings. The lowest BCUT2D eigenvalue weighted by Gasteiger charge is -2.17. The van der Waals surface area contributed by atoms with Crippen LogP contribution in [-0.4, -0.2) is 33.4 Å². The van der Waals surface area contributed by atoms with Crippen LogP contribution in [0.5, 0.6) is 17.2 Å². The topological polar surface area (TPSA) is 54.0 Å². The van der Waals surface area contributed by atoms with E-state index in [-0.39, 0.29) is 6.10 Å². The van der Waals surface area contributed by atoms with Crippen LogP contribution in [0.1, 0.15) is 37.6 Å².